The maximum atomic E-state index is 7.07. The third kappa shape index (κ3) is 5.85. The molecular formula is C33H52O2. The van der Waals surface area contributed by atoms with Gasteiger partial charge in [0.15, 0.2) is 0 Å². The SMILES string of the molecule is CCCCCCC(CCC)C1COC2CCc3ccccc3C2C2C(CCC3CCCCC32)OC1. The van der Waals surface area contributed by atoms with E-state index in [1.807, 2.05) is 0 Å². The Bertz CT molecular complexity index is 774. The minimum Gasteiger partial charge on any atom is -0.378 e. The molecule has 1 heterocycles. The summed E-state index contributed by atoms with van der Waals surface area (Å²) in [5.74, 6) is 4.26. The van der Waals surface area contributed by atoms with Crippen molar-refractivity contribution in [3.05, 3.63) is 35.4 Å². The van der Waals surface area contributed by atoms with E-state index in [-0.39, 0.29) is 0 Å². The lowest BCUT2D eigenvalue weighted by Gasteiger charge is -2.51. The van der Waals surface area contributed by atoms with Crippen LogP contribution >= 0.6 is 0 Å². The average molecular weight is 481 g/mol. The molecule has 35 heavy (non-hydrogen) atoms. The van der Waals surface area contributed by atoms with Gasteiger partial charge in [-0.1, -0.05) is 102 Å². The third-order valence-electron chi connectivity index (χ3n) is 10.4. The van der Waals surface area contributed by atoms with Crippen LogP contribution in [0.1, 0.15) is 121 Å². The quantitative estimate of drug-likeness (QED) is 0.346. The second-order valence-electron chi connectivity index (χ2n) is 12.5. The van der Waals surface area contributed by atoms with Gasteiger partial charge < -0.3 is 9.47 Å². The molecule has 2 heteroatoms. The van der Waals surface area contributed by atoms with Crippen LogP contribution in [-0.4, -0.2) is 25.4 Å². The zero-order chi connectivity index (χ0) is 24.0. The molecule has 1 aromatic rings. The van der Waals surface area contributed by atoms with Crippen LogP contribution in [0.2, 0.25) is 0 Å². The third-order valence-corrected chi connectivity index (χ3v) is 10.4. The summed E-state index contributed by atoms with van der Waals surface area (Å²) in [6.07, 6.45) is 21.0. The minimum atomic E-state index is 0.379. The predicted octanol–water partition coefficient (Wildman–Crippen LogP) is 8.72. The lowest BCUT2D eigenvalue weighted by molar-refractivity contribution is -0.0862. The predicted molar refractivity (Wildman–Crippen MR) is 146 cm³/mol. The second kappa shape index (κ2) is 12.6. The normalized spacial score (nSPS) is 35.9. The highest BCUT2D eigenvalue weighted by Gasteiger charge is 2.49. The molecule has 3 fully saturated rings. The molecule has 8 atom stereocenters. The number of fused-ring (bicyclic) bond motifs is 7. The van der Waals surface area contributed by atoms with Crippen molar-refractivity contribution in [2.45, 2.75) is 128 Å². The van der Waals surface area contributed by atoms with Gasteiger partial charge in [0, 0.05) is 11.8 Å². The maximum Gasteiger partial charge on any atom is 0.0650 e. The summed E-state index contributed by atoms with van der Waals surface area (Å²) in [7, 11) is 0. The van der Waals surface area contributed by atoms with Gasteiger partial charge in [-0.15, -0.1) is 0 Å². The smallest absolute Gasteiger partial charge is 0.0650 e. The largest absolute Gasteiger partial charge is 0.378 e. The van der Waals surface area contributed by atoms with Crippen LogP contribution in [0.5, 0.6) is 0 Å². The van der Waals surface area contributed by atoms with Crippen molar-refractivity contribution in [2.24, 2.45) is 29.6 Å². The molecule has 0 bridgehead atoms. The number of rotatable bonds is 8. The van der Waals surface area contributed by atoms with E-state index in [4.69, 9.17) is 9.47 Å². The van der Waals surface area contributed by atoms with Crippen LogP contribution in [0, 0.1) is 29.6 Å². The van der Waals surface area contributed by atoms with Crippen LogP contribution in [0.25, 0.3) is 0 Å². The molecular weight excluding hydrogens is 428 g/mol. The Morgan fingerprint density at radius 3 is 2.49 bits per heavy atom. The summed E-state index contributed by atoms with van der Waals surface area (Å²) < 4.78 is 14.1. The number of hydrogen-bond donors (Lipinski definition) is 0. The molecule has 0 spiro atoms. The van der Waals surface area contributed by atoms with Crippen LogP contribution in [-0.2, 0) is 15.9 Å². The Morgan fingerprint density at radius 1 is 0.800 bits per heavy atom. The Morgan fingerprint density at radius 2 is 1.63 bits per heavy atom. The van der Waals surface area contributed by atoms with E-state index < -0.39 is 0 Å². The van der Waals surface area contributed by atoms with E-state index in [0.717, 1.165) is 31.0 Å². The van der Waals surface area contributed by atoms with Crippen LogP contribution in [0.3, 0.4) is 0 Å². The van der Waals surface area contributed by atoms with Crippen molar-refractivity contribution in [3.8, 4) is 0 Å². The molecule has 0 amide bonds. The molecule has 1 aromatic carbocycles. The van der Waals surface area contributed by atoms with Gasteiger partial charge in [0.25, 0.3) is 0 Å². The van der Waals surface area contributed by atoms with E-state index in [1.54, 1.807) is 11.1 Å². The van der Waals surface area contributed by atoms with E-state index in [9.17, 15) is 0 Å². The first-order valence-electron chi connectivity index (χ1n) is 15.6. The van der Waals surface area contributed by atoms with Gasteiger partial charge in [-0.05, 0) is 66.9 Å². The fraction of sp³-hybridized carbons (Fsp3) is 0.818. The number of ether oxygens (including phenoxy) is 2. The van der Waals surface area contributed by atoms with Gasteiger partial charge in [-0.2, -0.15) is 0 Å². The first-order valence-corrected chi connectivity index (χ1v) is 15.6. The van der Waals surface area contributed by atoms with Crippen molar-refractivity contribution in [1.82, 2.24) is 0 Å². The molecule has 1 saturated heterocycles. The Balaban J connectivity index is 1.41. The van der Waals surface area contributed by atoms with E-state index >= 15 is 0 Å². The first-order chi connectivity index (χ1) is 17.3. The highest BCUT2D eigenvalue weighted by atomic mass is 16.5. The summed E-state index contributed by atoms with van der Waals surface area (Å²) in [5.41, 5.74) is 3.20. The number of aryl methyl sites for hydroxylation is 1. The van der Waals surface area contributed by atoms with Crippen molar-refractivity contribution >= 4 is 0 Å². The Labute approximate surface area is 215 Å². The number of unbranched alkanes of at least 4 members (excludes halogenated alkanes) is 3. The monoisotopic (exact) mass is 480 g/mol. The van der Waals surface area contributed by atoms with Gasteiger partial charge in [0.1, 0.15) is 0 Å². The fourth-order valence-electron chi connectivity index (χ4n) is 8.68. The summed E-state index contributed by atoms with van der Waals surface area (Å²) in [6, 6.07) is 9.37. The van der Waals surface area contributed by atoms with E-state index in [1.165, 1.54) is 96.3 Å². The number of hydrogen-bond acceptors (Lipinski definition) is 2. The zero-order valence-electron chi connectivity index (χ0n) is 22.8. The summed E-state index contributed by atoms with van der Waals surface area (Å²) >= 11 is 0. The second-order valence-corrected chi connectivity index (χ2v) is 12.5. The summed E-state index contributed by atoms with van der Waals surface area (Å²) in [4.78, 5) is 0. The van der Waals surface area contributed by atoms with Crippen molar-refractivity contribution in [3.63, 3.8) is 0 Å². The van der Waals surface area contributed by atoms with Gasteiger partial charge in [-0.3, -0.25) is 0 Å². The molecule has 2 nitrogen and oxygen atoms in total. The molecule has 4 aliphatic rings. The standard InChI is InChI=1S/C33H52O2/c1-3-5-6-7-13-24(12-4-2)27-22-34-30-20-18-25-14-8-10-16-28(25)32(30)33-29-17-11-9-15-26(29)19-21-31(33)35-23-27/h8,10,14,16,24,26-27,29-33H,3-7,9,11-13,15,17-23H2,1-2H3. The maximum absolute atomic E-state index is 7.07. The Hall–Kier alpha value is -0.860. The van der Waals surface area contributed by atoms with Gasteiger partial charge >= 0.3 is 0 Å². The first kappa shape index (κ1) is 25.8. The van der Waals surface area contributed by atoms with Crippen LogP contribution in [0.15, 0.2) is 24.3 Å². The molecule has 2 saturated carbocycles. The van der Waals surface area contributed by atoms with Gasteiger partial charge in [0.05, 0.1) is 25.4 Å². The lowest BCUT2D eigenvalue weighted by atomic mass is 9.57. The fourth-order valence-corrected chi connectivity index (χ4v) is 8.68. The summed E-state index contributed by atoms with van der Waals surface area (Å²) in [6.45, 7) is 6.53. The summed E-state index contributed by atoms with van der Waals surface area (Å²) in [5, 5.41) is 0. The molecule has 3 aliphatic carbocycles. The molecule has 0 N–H and O–H groups in total. The highest BCUT2D eigenvalue weighted by molar-refractivity contribution is 5.35. The molecule has 1 aliphatic heterocycles. The van der Waals surface area contributed by atoms with Gasteiger partial charge in [0.2, 0.25) is 0 Å². The zero-order valence-corrected chi connectivity index (χ0v) is 22.8. The molecule has 0 aromatic heterocycles. The molecule has 0 radical (unpaired) electrons. The van der Waals surface area contributed by atoms with Crippen molar-refractivity contribution in [1.29, 1.82) is 0 Å². The highest BCUT2D eigenvalue weighted by Crippen LogP contribution is 2.53. The molecule has 196 valence electrons. The molecule has 5 rings (SSSR count). The van der Waals surface area contributed by atoms with Crippen LogP contribution in [0.4, 0.5) is 0 Å². The topological polar surface area (TPSA) is 18.5 Å². The van der Waals surface area contributed by atoms with Crippen molar-refractivity contribution < 1.29 is 9.47 Å². The van der Waals surface area contributed by atoms with Crippen LogP contribution < -0.4 is 0 Å². The average Bonchev–Trinajstić information content (AvgIpc) is 2.98. The van der Waals surface area contributed by atoms with Crippen molar-refractivity contribution in [2.75, 3.05) is 13.2 Å². The Kier molecular flexibility index (Phi) is 9.27. The van der Waals surface area contributed by atoms with E-state index in [2.05, 4.69) is 38.1 Å². The number of benzene rings is 1. The molecule has 8 unspecified atom stereocenters. The minimum absolute atomic E-state index is 0.379. The van der Waals surface area contributed by atoms with Gasteiger partial charge in [-0.25, -0.2) is 0 Å². The lowest BCUT2D eigenvalue weighted by Crippen LogP contribution is -2.47. The van der Waals surface area contributed by atoms with E-state index in [0.29, 0.717) is 30.0 Å².